The minimum absolute atomic E-state index is 0.195. The molecule has 43 heavy (non-hydrogen) atoms. The highest BCUT2D eigenvalue weighted by Crippen LogP contribution is 2.48. The van der Waals surface area contributed by atoms with E-state index in [4.69, 9.17) is 18.3 Å². The predicted octanol–water partition coefficient (Wildman–Crippen LogP) is 8.04. The maximum Gasteiger partial charge on any atom is 0.261 e. The first-order valence-corrected chi connectivity index (χ1v) is 19.7. The van der Waals surface area contributed by atoms with Crippen molar-refractivity contribution >= 4 is 33.3 Å². The minimum Gasteiger partial charge on any atom is -0.454 e. The molecule has 0 amide bonds. The molecule has 0 radical (unpaired) electrons. The molecule has 1 heterocycles. The number of hydrogen-bond donors (Lipinski definition) is 0. The van der Waals surface area contributed by atoms with Gasteiger partial charge in [0.25, 0.3) is 8.32 Å². The molecule has 0 fully saturated rings. The lowest BCUT2D eigenvalue weighted by molar-refractivity contribution is -0.115. The molecule has 3 aromatic carbocycles. The fourth-order valence-corrected chi connectivity index (χ4v) is 17.5. The van der Waals surface area contributed by atoms with Gasteiger partial charge >= 0.3 is 0 Å². The molecule has 0 aromatic heterocycles. The second-order valence-corrected chi connectivity index (χ2v) is 23.5. The topological polar surface area (TPSA) is 54.0 Å². The normalized spacial score (nSPS) is 15.3. The monoisotopic (exact) mass is 618 g/mol. The minimum atomic E-state index is -2.86. The third kappa shape index (κ3) is 6.41. The van der Waals surface area contributed by atoms with Gasteiger partial charge in [0.1, 0.15) is 6.29 Å². The summed E-state index contributed by atoms with van der Waals surface area (Å²) >= 11 is 0. The molecule has 1 aliphatic heterocycles. The maximum absolute atomic E-state index is 13.2. The van der Waals surface area contributed by atoms with Crippen molar-refractivity contribution in [3.8, 4) is 11.5 Å². The molecule has 3 aromatic rings. The van der Waals surface area contributed by atoms with Gasteiger partial charge in [-0.15, -0.1) is 0 Å². The first kappa shape index (κ1) is 33.2. The molecule has 5 nitrogen and oxygen atoms in total. The average Bonchev–Trinajstić information content (AvgIpc) is 3.44. The SMILES string of the molecule is CC(C)[Si](O[C@H](c1ccc2c(c1)OCO2)[C@@H](C=O)CO[Si](c1ccccc1)(c1ccccc1)C(C)(C)C)(C(C)C)C(C)C. The van der Waals surface area contributed by atoms with E-state index in [1.807, 2.05) is 30.3 Å². The first-order chi connectivity index (χ1) is 20.4. The van der Waals surface area contributed by atoms with Crippen LogP contribution in [0.1, 0.15) is 74.0 Å². The number of ether oxygens (including phenoxy) is 2. The number of benzene rings is 3. The van der Waals surface area contributed by atoms with Crippen LogP contribution < -0.4 is 19.8 Å². The Morgan fingerprint density at radius 3 is 1.74 bits per heavy atom. The Bertz CT molecular complexity index is 1270. The van der Waals surface area contributed by atoms with Crippen molar-refractivity contribution in [1.29, 1.82) is 0 Å². The molecule has 0 saturated heterocycles. The van der Waals surface area contributed by atoms with Crippen molar-refractivity contribution in [1.82, 2.24) is 0 Å². The lowest BCUT2D eigenvalue weighted by atomic mass is 9.97. The molecule has 0 spiro atoms. The van der Waals surface area contributed by atoms with Crippen molar-refractivity contribution < 1.29 is 23.1 Å². The highest BCUT2D eigenvalue weighted by Gasteiger charge is 2.52. The van der Waals surface area contributed by atoms with Crippen molar-refractivity contribution in [2.75, 3.05) is 13.4 Å². The Balaban J connectivity index is 1.83. The average molecular weight is 619 g/mol. The van der Waals surface area contributed by atoms with Gasteiger partial charge in [0.2, 0.25) is 15.1 Å². The Kier molecular flexibility index (Phi) is 10.4. The summed E-state index contributed by atoms with van der Waals surface area (Å²) in [7, 11) is -5.26. The number of carbonyl (C=O) groups excluding carboxylic acids is 1. The molecule has 0 aliphatic carbocycles. The van der Waals surface area contributed by atoms with Gasteiger partial charge in [-0.05, 0) is 49.7 Å². The van der Waals surface area contributed by atoms with Crippen LogP contribution in [-0.4, -0.2) is 36.3 Å². The van der Waals surface area contributed by atoms with Gasteiger partial charge < -0.3 is 23.1 Å². The number of carbonyl (C=O) groups is 1. The number of rotatable bonds is 13. The van der Waals surface area contributed by atoms with Crippen LogP contribution >= 0.6 is 0 Å². The second kappa shape index (κ2) is 13.5. The second-order valence-electron chi connectivity index (χ2n) is 13.7. The van der Waals surface area contributed by atoms with E-state index in [1.165, 1.54) is 10.4 Å². The molecule has 0 N–H and O–H groups in total. The largest absolute Gasteiger partial charge is 0.454 e. The van der Waals surface area contributed by atoms with Gasteiger partial charge in [0.15, 0.2) is 11.5 Å². The fraction of sp³-hybridized carbons (Fsp3) is 0.472. The van der Waals surface area contributed by atoms with E-state index in [0.717, 1.165) is 11.8 Å². The summed E-state index contributed by atoms with van der Waals surface area (Å²) in [5.41, 5.74) is 1.99. The van der Waals surface area contributed by atoms with Crippen molar-refractivity contribution in [2.45, 2.75) is 90.1 Å². The molecule has 7 heteroatoms. The van der Waals surface area contributed by atoms with E-state index >= 15 is 0 Å². The number of fused-ring (bicyclic) bond motifs is 1. The van der Waals surface area contributed by atoms with Gasteiger partial charge in [-0.25, -0.2) is 0 Å². The molecule has 0 saturated carbocycles. The van der Waals surface area contributed by atoms with Crippen molar-refractivity contribution in [3.05, 3.63) is 84.4 Å². The standard InChI is InChI=1S/C36H50O5Si2/c1-26(2)42(27(3)4,28(5)6)41-35(29-20-21-33-34(22-29)39-25-38-33)30(23-37)24-40-43(36(7,8)9,31-16-12-10-13-17-31)32-18-14-11-15-19-32/h10-23,26-28,30,35H,24-25H2,1-9H3/t30-,35+/m0/s1. The molecule has 232 valence electrons. The zero-order chi connectivity index (χ0) is 31.4. The highest BCUT2D eigenvalue weighted by atomic mass is 28.4. The highest BCUT2D eigenvalue weighted by molar-refractivity contribution is 6.99. The van der Waals surface area contributed by atoms with E-state index in [0.29, 0.717) is 28.1 Å². The van der Waals surface area contributed by atoms with E-state index in [2.05, 4.69) is 111 Å². The Morgan fingerprint density at radius 1 is 0.767 bits per heavy atom. The maximum atomic E-state index is 13.2. The lowest BCUT2D eigenvalue weighted by Crippen LogP contribution is -2.67. The summed E-state index contributed by atoms with van der Waals surface area (Å²) in [6, 6.07) is 27.1. The van der Waals surface area contributed by atoms with Crippen LogP contribution in [0.2, 0.25) is 21.7 Å². The van der Waals surface area contributed by atoms with Gasteiger partial charge in [0.05, 0.1) is 12.0 Å². The zero-order valence-electron chi connectivity index (χ0n) is 27.4. The van der Waals surface area contributed by atoms with Gasteiger partial charge in [-0.2, -0.15) is 0 Å². The van der Waals surface area contributed by atoms with E-state index in [1.54, 1.807) is 0 Å². The first-order valence-electron chi connectivity index (χ1n) is 15.7. The molecule has 1 aliphatic rings. The Labute approximate surface area is 261 Å². The van der Waals surface area contributed by atoms with Gasteiger partial charge in [-0.3, -0.25) is 0 Å². The summed E-state index contributed by atoms with van der Waals surface area (Å²) in [6.45, 7) is 20.9. The third-order valence-electron chi connectivity index (χ3n) is 9.24. The lowest BCUT2D eigenvalue weighted by Gasteiger charge is -2.47. The summed E-state index contributed by atoms with van der Waals surface area (Å²) in [5.74, 6) is 0.883. The molecule has 2 atom stereocenters. The molecule has 4 rings (SSSR count). The Hall–Kier alpha value is -2.72. The van der Waals surface area contributed by atoms with Crippen LogP contribution in [0.3, 0.4) is 0 Å². The number of hydrogen-bond acceptors (Lipinski definition) is 5. The van der Waals surface area contributed by atoms with Crippen molar-refractivity contribution in [2.24, 2.45) is 5.92 Å². The molecule has 0 bridgehead atoms. The van der Waals surface area contributed by atoms with E-state index in [9.17, 15) is 4.79 Å². The quantitative estimate of drug-likeness (QED) is 0.143. The van der Waals surface area contributed by atoms with E-state index < -0.39 is 28.7 Å². The smallest absolute Gasteiger partial charge is 0.261 e. The fourth-order valence-electron chi connectivity index (χ4n) is 7.30. The van der Waals surface area contributed by atoms with Gasteiger partial charge in [-0.1, -0.05) is 129 Å². The zero-order valence-corrected chi connectivity index (χ0v) is 29.4. The Morgan fingerprint density at radius 2 is 1.28 bits per heavy atom. The molecule has 0 unspecified atom stereocenters. The summed E-state index contributed by atoms with van der Waals surface area (Å²) in [4.78, 5) is 13.2. The molecular weight excluding hydrogens is 569 g/mol. The van der Waals surface area contributed by atoms with Crippen LogP contribution in [0.5, 0.6) is 11.5 Å². The van der Waals surface area contributed by atoms with Crippen LogP contribution in [0, 0.1) is 5.92 Å². The third-order valence-corrected chi connectivity index (χ3v) is 20.3. The number of aldehydes is 1. The predicted molar refractivity (Wildman–Crippen MR) is 181 cm³/mol. The van der Waals surface area contributed by atoms with Crippen LogP contribution in [0.25, 0.3) is 0 Å². The summed E-state index contributed by atoms with van der Waals surface area (Å²) in [6.07, 6.45) is 0.566. The van der Waals surface area contributed by atoms with Gasteiger partial charge in [0, 0.05) is 6.61 Å². The molecular formula is C36H50O5Si2. The summed E-state index contributed by atoms with van der Waals surface area (Å²) < 4.78 is 26.1. The van der Waals surface area contributed by atoms with E-state index in [-0.39, 0.29) is 18.4 Å². The van der Waals surface area contributed by atoms with Crippen LogP contribution in [0.4, 0.5) is 0 Å². The van der Waals surface area contributed by atoms with Crippen LogP contribution in [-0.2, 0) is 13.6 Å². The van der Waals surface area contributed by atoms with Crippen LogP contribution in [0.15, 0.2) is 78.9 Å². The summed E-state index contributed by atoms with van der Waals surface area (Å²) in [5, 5.41) is 2.17. The van der Waals surface area contributed by atoms with Crippen molar-refractivity contribution in [3.63, 3.8) is 0 Å².